The Morgan fingerprint density at radius 2 is 1.27 bits per heavy atom. The maximum absolute atomic E-state index is 13.5. The van der Waals surface area contributed by atoms with Gasteiger partial charge in [-0.3, -0.25) is 33.7 Å². The summed E-state index contributed by atoms with van der Waals surface area (Å²) in [4.78, 5) is 65.5. The summed E-state index contributed by atoms with van der Waals surface area (Å²) < 4.78 is 73.0. The lowest BCUT2D eigenvalue weighted by Gasteiger charge is -2.22. The van der Waals surface area contributed by atoms with E-state index >= 15 is 0 Å². The van der Waals surface area contributed by atoms with Gasteiger partial charge in [0.2, 0.25) is 0 Å². The molecule has 0 radical (unpaired) electrons. The smallest absolute Gasteiger partial charge is 0.279 e. The molecule has 9 rings (SSSR count). The summed E-state index contributed by atoms with van der Waals surface area (Å²) in [5.41, 5.74) is 2.12. The number of carbonyl (C=O) groups excluding carboxylic acids is 2. The lowest BCUT2D eigenvalue weighted by molar-refractivity contribution is 0.0500. The number of benzene rings is 4. The fraction of sp³-hybridized carbons (Fsp3) is 0.254. The van der Waals surface area contributed by atoms with Gasteiger partial charge in [0, 0.05) is 66.4 Å². The molecule has 0 unspecified atom stereocenters. The van der Waals surface area contributed by atoms with Crippen LogP contribution in [-0.4, -0.2) is 106 Å². The first kappa shape index (κ1) is 56.0. The monoisotopic (exact) mass is 1080 g/mol. The van der Waals surface area contributed by atoms with Crippen LogP contribution in [0.2, 0.25) is 0 Å². The van der Waals surface area contributed by atoms with Crippen molar-refractivity contribution in [1.29, 1.82) is 0 Å². The van der Waals surface area contributed by atoms with Crippen molar-refractivity contribution >= 4 is 33.6 Å². The van der Waals surface area contributed by atoms with Crippen molar-refractivity contribution in [3.05, 3.63) is 199 Å². The van der Waals surface area contributed by atoms with Gasteiger partial charge in [0.1, 0.15) is 22.6 Å². The summed E-state index contributed by atoms with van der Waals surface area (Å²) in [5.74, 6) is 8.45. The largest absolute Gasteiger partial charge is 0.493 e. The van der Waals surface area contributed by atoms with Gasteiger partial charge in [0.05, 0.1) is 56.8 Å². The molecule has 1 saturated heterocycles. The summed E-state index contributed by atoms with van der Waals surface area (Å²) in [6.45, 7) is 3.45. The van der Waals surface area contributed by atoms with Gasteiger partial charge in [-0.25, -0.2) is 27.2 Å². The fourth-order valence-corrected chi connectivity index (χ4v) is 8.17. The normalized spacial score (nSPS) is 12.1. The molecular formula is C59H53F4N9O7. The standard InChI is InChI=1S/C30H26F2N4O4.C29H27F2N5O3/c31-25-5-3-22(15-26(25)32)17-36-19-33-16-24(30(36)38)29(37)35-10-1-2-20-4-6-27-23(14-20)28(7-11-34-27)40-18-21-8-12-39-13-9-21;1-35(2)15-4-16-39-27-11-13-32-26-9-7-20(17-23(26)27)5-3-12-33-28(37)22-10-14-34-36(29(22)38)19-21-6-8-24(30)25(31)18-21/h3-7,11,14-16,19,21H,8-10,12-13,17-18H2,(H,35,37);6-11,13-14,17-18H,4,12,15-16,19H2,1-2H3,(H,33,37). The molecule has 16 nitrogen and oxygen atoms in total. The van der Waals surface area contributed by atoms with Crippen LogP contribution in [0.1, 0.15) is 62.2 Å². The Morgan fingerprint density at radius 1 is 0.684 bits per heavy atom. The molecule has 0 spiro atoms. The molecule has 1 aliphatic heterocycles. The van der Waals surface area contributed by atoms with Crippen molar-refractivity contribution in [2.24, 2.45) is 5.92 Å². The Balaban J connectivity index is 0.000000208. The minimum Gasteiger partial charge on any atom is -0.493 e. The van der Waals surface area contributed by atoms with E-state index < -0.39 is 46.2 Å². The summed E-state index contributed by atoms with van der Waals surface area (Å²) in [6.07, 6.45) is 9.96. The molecule has 4 aromatic carbocycles. The lowest BCUT2D eigenvalue weighted by atomic mass is 10.0. The van der Waals surface area contributed by atoms with E-state index in [0.29, 0.717) is 30.3 Å². The van der Waals surface area contributed by atoms with Gasteiger partial charge < -0.3 is 29.7 Å². The van der Waals surface area contributed by atoms with Crippen molar-refractivity contribution in [3.63, 3.8) is 0 Å². The van der Waals surface area contributed by atoms with Crippen LogP contribution < -0.4 is 31.2 Å². The highest BCUT2D eigenvalue weighted by Crippen LogP contribution is 2.27. The first-order valence-electron chi connectivity index (χ1n) is 25.1. The molecular weight excluding hydrogens is 1020 g/mol. The number of amides is 2. The minimum absolute atomic E-state index is 0.00272. The number of fused-ring (bicyclic) bond motifs is 2. The van der Waals surface area contributed by atoms with E-state index in [9.17, 15) is 36.7 Å². The first-order chi connectivity index (χ1) is 38.3. The number of pyridine rings is 2. The quantitative estimate of drug-likeness (QED) is 0.0579. The van der Waals surface area contributed by atoms with Crippen LogP contribution in [0.4, 0.5) is 17.6 Å². The van der Waals surface area contributed by atoms with Crippen molar-refractivity contribution in [2.75, 3.05) is 60.2 Å². The predicted octanol–water partition coefficient (Wildman–Crippen LogP) is 6.93. The molecule has 1 fully saturated rings. The van der Waals surface area contributed by atoms with E-state index in [1.165, 1.54) is 30.7 Å². The third-order valence-corrected chi connectivity index (χ3v) is 12.3. The van der Waals surface area contributed by atoms with Crippen LogP contribution in [0.15, 0.2) is 132 Å². The minimum atomic E-state index is -1.03. The zero-order valence-corrected chi connectivity index (χ0v) is 43.1. The fourth-order valence-electron chi connectivity index (χ4n) is 8.17. The van der Waals surface area contributed by atoms with Crippen LogP contribution in [-0.2, 0) is 17.8 Å². The number of ether oxygens (including phenoxy) is 3. The van der Waals surface area contributed by atoms with E-state index in [1.54, 1.807) is 12.4 Å². The number of nitrogens with zero attached hydrogens (tertiary/aromatic N) is 7. The van der Waals surface area contributed by atoms with E-state index in [4.69, 9.17) is 14.2 Å². The van der Waals surface area contributed by atoms with Gasteiger partial charge >= 0.3 is 0 Å². The molecule has 5 heterocycles. The summed E-state index contributed by atoms with van der Waals surface area (Å²) in [6, 6.07) is 22.8. The van der Waals surface area contributed by atoms with Crippen molar-refractivity contribution in [2.45, 2.75) is 32.4 Å². The molecule has 2 N–H and O–H groups in total. The SMILES string of the molecule is CN(C)CCCOc1ccnc2ccc(C#CCNC(=O)c3ccnn(Cc4ccc(F)c(F)c4)c3=O)cc12.O=C(NCC#Cc1ccc2nccc(OCC3CCOCC3)c2c1)c1cncn(Cc2ccc(F)c(F)c2)c1=O. The van der Waals surface area contributed by atoms with E-state index in [1.807, 2.05) is 62.6 Å². The molecule has 0 bridgehead atoms. The van der Waals surface area contributed by atoms with Crippen molar-refractivity contribution in [1.82, 2.24) is 44.8 Å². The second-order valence-electron chi connectivity index (χ2n) is 18.4. The molecule has 2 amide bonds. The Bertz CT molecular complexity index is 3750. The number of hydrogen-bond donors (Lipinski definition) is 2. The van der Waals surface area contributed by atoms with Crippen LogP contribution in [0, 0.1) is 52.9 Å². The Hall–Kier alpha value is -9.24. The Labute approximate surface area is 451 Å². The molecule has 1 aliphatic rings. The zero-order chi connectivity index (χ0) is 55.7. The van der Waals surface area contributed by atoms with Crippen LogP contribution in [0.25, 0.3) is 21.8 Å². The van der Waals surface area contributed by atoms with Gasteiger partial charge in [-0.15, -0.1) is 0 Å². The second-order valence-corrected chi connectivity index (χ2v) is 18.4. The first-order valence-corrected chi connectivity index (χ1v) is 25.1. The Kier molecular flexibility index (Phi) is 19.3. The summed E-state index contributed by atoms with van der Waals surface area (Å²) >= 11 is 0. The van der Waals surface area contributed by atoms with E-state index in [0.717, 1.165) is 123 Å². The maximum atomic E-state index is 13.5. The number of hydrogen-bond acceptors (Lipinski definition) is 12. The second kappa shape index (κ2) is 27.2. The average molecular weight is 1080 g/mol. The topological polar surface area (TPSA) is 185 Å². The highest BCUT2D eigenvalue weighted by Gasteiger charge is 2.17. The van der Waals surface area contributed by atoms with Gasteiger partial charge in [0.25, 0.3) is 22.9 Å². The molecule has 0 aliphatic carbocycles. The van der Waals surface area contributed by atoms with Gasteiger partial charge in [-0.2, -0.15) is 5.10 Å². The molecule has 8 aromatic rings. The van der Waals surface area contributed by atoms with Gasteiger partial charge in [0.15, 0.2) is 23.3 Å². The highest BCUT2D eigenvalue weighted by molar-refractivity contribution is 5.94. The number of nitrogens with one attached hydrogen (secondary N) is 2. The predicted molar refractivity (Wildman–Crippen MR) is 288 cm³/mol. The number of rotatable bonds is 16. The highest BCUT2D eigenvalue weighted by atomic mass is 19.2. The van der Waals surface area contributed by atoms with Crippen LogP contribution in [0.5, 0.6) is 11.5 Å². The van der Waals surface area contributed by atoms with Crippen molar-refractivity contribution < 1.29 is 41.4 Å². The van der Waals surface area contributed by atoms with Gasteiger partial charge in [-0.1, -0.05) is 35.8 Å². The third kappa shape index (κ3) is 15.5. The van der Waals surface area contributed by atoms with Crippen LogP contribution >= 0.6 is 0 Å². The maximum Gasteiger partial charge on any atom is 0.279 e. The van der Waals surface area contributed by atoms with E-state index in [-0.39, 0.29) is 37.3 Å². The summed E-state index contributed by atoms with van der Waals surface area (Å²) in [7, 11) is 4.03. The number of halogens is 4. The zero-order valence-electron chi connectivity index (χ0n) is 43.1. The molecule has 20 heteroatoms. The van der Waals surface area contributed by atoms with Gasteiger partial charge in [-0.05, 0) is 129 Å². The molecule has 4 aromatic heterocycles. The average Bonchev–Trinajstić information content (AvgIpc) is 3.48. The molecule has 0 saturated carbocycles. The molecule has 79 heavy (non-hydrogen) atoms. The molecule has 404 valence electrons. The number of aromatic nitrogens is 6. The van der Waals surface area contributed by atoms with Crippen molar-refractivity contribution in [3.8, 4) is 35.2 Å². The Morgan fingerprint density at radius 3 is 1.86 bits per heavy atom. The lowest BCUT2D eigenvalue weighted by Crippen LogP contribution is -2.34. The van der Waals surface area contributed by atoms with E-state index in [2.05, 4.69) is 59.3 Å². The number of carbonyl (C=O) groups is 2. The molecule has 0 atom stereocenters. The third-order valence-electron chi connectivity index (χ3n) is 12.3. The summed E-state index contributed by atoms with van der Waals surface area (Å²) in [5, 5.41) is 10.8. The van der Waals surface area contributed by atoms with Crippen LogP contribution in [0.3, 0.4) is 0 Å².